The maximum absolute atomic E-state index is 4.81. The van der Waals surface area contributed by atoms with Crippen LogP contribution in [-0.2, 0) is 12.8 Å². The van der Waals surface area contributed by atoms with Crippen LogP contribution in [0.3, 0.4) is 0 Å². The number of aryl methyl sites for hydroxylation is 1. The molecule has 1 aromatic carbocycles. The summed E-state index contributed by atoms with van der Waals surface area (Å²) in [5.74, 6) is 0. The van der Waals surface area contributed by atoms with Crippen LogP contribution in [0.2, 0.25) is 0 Å². The van der Waals surface area contributed by atoms with Crippen LogP contribution in [0.25, 0.3) is 0 Å². The van der Waals surface area contributed by atoms with Gasteiger partial charge in [0.2, 0.25) is 0 Å². The zero-order valence-electron chi connectivity index (χ0n) is 13.0. The normalized spacial score (nSPS) is 16.4. The van der Waals surface area contributed by atoms with Gasteiger partial charge < -0.3 is 10.2 Å². The van der Waals surface area contributed by atoms with Gasteiger partial charge in [-0.1, -0.05) is 24.3 Å². The molecule has 1 atom stereocenters. The fourth-order valence-electron chi connectivity index (χ4n) is 2.92. The first-order valence-corrected chi connectivity index (χ1v) is 8.47. The highest BCUT2D eigenvalue weighted by atomic mass is 32.1. The van der Waals surface area contributed by atoms with Crippen molar-refractivity contribution in [3.63, 3.8) is 0 Å². The van der Waals surface area contributed by atoms with Crippen LogP contribution in [0.5, 0.6) is 0 Å². The fourth-order valence-corrected chi connectivity index (χ4v) is 4.10. The second-order valence-electron chi connectivity index (χ2n) is 5.71. The Balaban J connectivity index is 1.80. The van der Waals surface area contributed by atoms with E-state index in [0.29, 0.717) is 6.04 Å². The predicted octanol–water partition coefficient (Wildman–Crippen LogP) is 3.34. The molecule has 1 unspecified atom stereocenters. The molecule has 1 N–H and O–H groups in total. The van der Waals surface area contributed by atoms with Crippen molar-refractivity contribution < 1.29 is 0 Å². The minimum absolute atomic E-state index is 0.375. The summed E-state index contributed by atoms with van der Waals surface area (Å²) >= 11 is 1.84. The smallest absolute Gasteiger partial charge is 0.185 e. The van der Waals surface area contributed by atoms with E-state index in [-0.39, 0.29) is 0 Å². The summed E-state index contributed by atoms with van der Waals surface area (Å²) in [5, 5.41) is 4.49. The maximum Gasteiger partial charge on any atom is 0.185 e. The zero-order chi connectivity index (χ0) is 14.8. The van der Waals surface area contributed by atoms with Crippen LogP contribution in [0, 0.1) is 6.92 Å². The Labute approximate surface area is 131 Å². The number of nitrogens with zero attached hydrogens (tertiary/aromatic N) is 2. The lowest BCUT2D eigenvalue weighted by atomic mass is 10.0. The molecule has 3 nitrogen and oxygen atoms in total. The van der Waals surface area contributed by atoms with Gasteiger partial charge in [0.15, 0.2) is 5.13 Å². The van der Waals surface area contributed by atoms with Crippen LogP contribution in [-0.4, -0.2) is 25.1 Å². The van der Waals surface area contributed by atoms with Crippen molar-refractivity contribution >= 4 is 16.5 Å². The summed E-state index contributed by atoms with van der Waals surface area (Å²) in [5.41, 5.74) is 4.16. The number of rotatable bonds is 3. The van der Waals surface area contributed by atoms with Crippen LogP contribution in [0.15, 0.2) is 24.3 Å². The largest absolute Gasteiger partial charge is 0.347 e. The van der Waals surface area contributed by atoms with Crippen molar-refractivity contribution in [2.75, 3.05) is 25.0 Å². The molecule has 0 saturated heterocycles. The van der Waals surface area contributed by atoms with Gasteiger partial charge in [-0.25, -0.2) is 4.98 Å². The van der Waals surface area contributed by atoms with Gasteiger partial charge >= 0.3 is 0 Å². The number of aromatic nitrogens is 1. The van der Waals surface area contributed by atoms with Crippen molar-refractivity contribution in [2.45, 2.75) is 32.7 Å². The third-order valence-electron chi connectivity index (χ3n) is 4.34. The molecule has 112 valence electrons. The van der Waals surface area contributed by atoms with Gasteiger partial charge in [-0.15, -0.1) is 11.3 Å². The molecule has 2 heterocycles. The van der Waals surface area contributed by atoms with Crippen LogP contribution in [0.4, 0.5) is 5.13 Å². The van der Waals surface area contributed by atoms with Gasteiger partial charge in [0.05, 0.1) is 5.69 Å². The highest BCUT2D eigenvalue weighted by Crippen LogP contribution is 2.31. The van der Waals surface area contributed by atoms with Crippen molar-refractivity contribution in [2.24, 2.45) is 0 Å². The second-order valence-corrected chi connectivity index (χ2v) is 6.72. The quantitative estimate of drug-likeness (QED) is 0.942. The number of benzene rings is 1. The van der Waals surface area contributed by atoms with Crippen molar-refractivity contribution in [3.8, 4) is 0 Å². The number of fused-ring (bicyclic) bond motifs is 1. The van der Waals surface area contributed by atoms with Gasteiger partial charge in [-0.3, -0.25) is 0 Å². The van der Waals surface area contributed by atoms with E-state index in [1.165, 1.54) is 26.8 Å². The SMILES string of the molecule is CNC(C)c1sc(N2CCc3ccccc3CC2)nc1C. The molecule has 3 rings (SSSR count). The first-order valence-electron chi connectivity index (χ1n) is 7.65. The van der Waals surface area contributed by atoms with E-state index in [4.69, 9.17) is 4.98 Å². The van der Waals surface area contributed by atoms with E-state index in [0.717, 1.165) is 25.9 Å². The highest BCUT2D eigenvalue weighted by molar-refractivity contribution is 7.15. The molecule has 0 radical (unpaired) electrons. The Morgan fingerprint density at radius 1 is 1.19 bits per heavy atom. The first-order chi connectivity index (χ1) is 10.2. The molecular weight excluding hydrogens is 278 g/mol. The number of thiazole rings is 1. The molecule has 0 fully saturated rings. The Kier molecular flexibility index (Phi) is 4.27. The van der Waals surface area contributed by atoms with E-state index in [1.54, 1.807) is 0 Å². The summed E-state index contributed by atoms with van der Waals surface area (Å²) in [6.07, 6.45) is 2.23. The molecule has 0 aliphatic carbocycles. The minimum atomic E-state index is 0.375. The van der Waals surface area contributed by atoms with Crippen molar-refractivity contribution in [1.29, 1.82) is 0 Å². The van der Waals surface area contributed by atoms with Gasteiger partial charge in [0, 0.05) is 24.0 Å². The molecule has 0 spiro atoms. The Bertz CT molecular complexity index is 593. The lowest BCUT2D eigenvalue weighted by Crippen LogP contribution is -2.25. The monoisotopic (exact) mass is 301 g/mol. The second kappa shape index (κ2) is 6.16. The van der Waals surface area contributed by atoms with E-state index >= 15 is 0 Å². The molecule has 0 bridgehead atoms. The lowest BCUT2D eigenvalue weighted by molar-refractivity contribution is 0.658. The number of anilines is 1. The topological polar surface area (TPSA) is 28.2 Å². The summed E-state index contributed by atoms with van der Waals surface area (Å²) in [6.45, 7) is 6.45. The molecule has 4 heteroatoms. The zero-order valence-corrected chi connectivity index (χ0v) is 13.8. The van der Waals surface area contributed by atoms with E-state index in [1.807, 2.05) is 18.4 Å². The van der Waals surface area contributed by atoms with Gasteiger partial charge in [-0.05, 0) is 44.9 Å². The summed E-state index contributed by atoms with van der Waals surface area (Å²) in [7, 11) is 2.01. The Morgan fingerprint density at radius 3 is 2.38 bits per heavy atom. The Morgan fingerprint density at radius 2 is 1.81 bits per heavy atom. The molecule has 2 aromatic rings. The van der Waals surface area contributed by atoms with Crippen molar-refractivity contribution in [3.05, 3.63) is 46.0 Å². The van der Waals surface area contributed by atoms with Gasteiger partial charge in [0.25, 0.3) is 0 Å². The van der Waals surface area contributed by atoms with E-state index < -0.39 is 0 Å². The highest BCUT2D eigenvalue weighted by Gasteiger charge is 2.19. The number of hydrogen-bond donors (Lipinski definition) is 1. The standard InChI is InChI=1S/C17H23N3S/c1-12(18-3)16-13(2)19-17(21-16)20-10-8-14-6-4-5-7-15(14)9-11-20/h4-7,12,18H,8-11H2,1-3H3. The van der Waals surface area contributed by atoms with E-state index in [2.05, 4.69) is 48.3 Å². The minimum Gasteiger partial charge on any atom is -0.347 e. The number of nitrogens with one attached hydrogen (secondary N) is 1. The molecule has 1 aliphatic rings. The summed E-state index contributed by atoms with van der Waals surface area (Å²) in [6, 6.07) is 9.20. The average molecular weight is 301 g/mol. The van der Waals surface area contributed by atoms with Gasteiger partial charge in [0.1, 0.15) is 0 Å². The number of hydrogen-bond acceptors (Lipinski definition) is 4. The molecule has 0 saturated carbocycles. The molecule has 0 amide bonds. The summed E-state index contributed by atoms with van der Waals surface area (Å²) in [4.78, 5) is 8.62. The molecular formula is C17H23N3S. The Hall–Kier alpha value is -1.39. The molecule has 21 heavy (non-hydrogen) atoms. The van der Waals surface area contributed by atoms with Crippen molar-refractivity contribution in [1.82, 2.24) is 10.3 Å². The maximum atomic E-state index is 4.81. The third-order valence-corrected chi connectivity index (χ3v) is 5.74. The van der Waals surface area contributed by atoms with Gasteiger partial charge in [-0.2, -0.15) is 0 Å². The first kappa shape index (κ1) is 14.5. The van der Waals surface area contributed by atoms with Crippen LogP contribution >= 0.6 is 11.3 Å². The average Bonchev–Trinajstić information content (AvgIpc) is 2.76. The van der Waals surface area contributed by atoms with Crippen LogP contribution in [0.1, 0.15) is 34.7 Å². The predicted molar refractivity (Wildman–Crippen MR) is 90.4 cm³/mol. The molecule has 1 aliphatic heterocycles. The third kappa shape index (κ3) is 2.97. The van der Waals surface area contributed by atoms with Crippen LogP contribution < -0.4 is 10.2 Å². The lowest BCUT2D eigenvalue weighted by Gasteiger charge is -2.18. The summed E-state index contributed by atoms with van der Waals surface area (Å²) < 4.78 is 0. The van der Waals surface area contributed by atoms with E-state index in [9.17, 15) is 0 Å². The fraction of sp³-hybridized carbons (Fsp3) is 0.471. The molecule has 1 aromatic heterocycles.